The molecule has 1 aromatic heterocycles. The van der Waals surface area contributed by atoms with Crippen molar-refractivity contribution in [1.82, 2.24) is 15.5 Å². The van der Waals surface area contributed by atoms with E-state index >= 15 is 0 Å². The molecule has 26 heavy (non-hydrogen) atoms. The molecule has 1 aromatic rings. The van der Waals surface area contributed by atoms with Crippen LogP contribution in [0.1, 0.15) is 37.4 Å². The number of amides is 1. The third-order valence-corrected chi connectivity index (χ3v) is 4.38. The van der Waals surface area contributed by atoms with E-state index in [-0.39, 0.29) is 36.1 Å². The van der Waals surface area contributed by atoms with Crippen LogP contribution < -0.4 is 10.6 Å². The Balaban J connectivity index is 0.00000625. The Morgan fingerprint density at radius 2 is 2.04 bits per heavy atom. The molecule has 0 aliphatic carbocycles. The predicted molar refractivity (Wildman–Crippen MR) is 121 cm³/mol. The number of ether oxygens (including phenoxy) is 1. The molecule has 150 valence electrons. The van der Waals surface area contributed by atoms with Gasteiger partial charge in [0, 0.05) is 49.4 Å². The molecule has 0 aliphatic rings. The molecular formula is C18H33IN4O2S. The Kier molecular flexibility index (Phi) is 11.2. The van der Waals surface area contributed by atoms with E-state index in [1.54, 1.807) is 19.0 Å². The summed E-state index contributed by atoms with van der Waals surface area (Å²) < 4.78 is 5.33. The standard InChI is InChI=1S/C18H32N4O2S.HI/c1-13(12-15-9-8-14(2)25-15)21-16(19-6)20-10-11-22(7)17(23)24-18(3,4)5;/h8-9,13H,10-12H2,1-7H3,(H2,19,20,21);1H. The summed E-state index contributed by atoms with van der Waals surface area (Å²) in [5.74, 6) is 0.735. The van der Waals surface area contributed by atoms with Crippen LogP contribution in [0.4, 0.5) is 4.79 Å². The third-order valence-electron chi connectivity index (χ3n) is 3.35. The van der Waals surface area contributed by atoms with Gasteiger partial charge in [0.2, 0.25) is 0 Å². The number of carbonyl (C=O) groups excluding carboxylic acids is 1. The minimum atomic E-state index is -0.480. The molecule has 0 bridgehead atoms. The quantitative estimate of drug-likeness (QED) is 0.359. The number of thiophene rings is 1. The molecule has 0 saturated heterocycles. The van der Waals surface area contributed by atoms with Crippen LogP contribution in [0.3, 0.4) is 0 Å². The molecule has 0 saturated carbocycles. The molecule has 6 nitrogen and oxygen atoms in total. The number of aryl methyl sites for hydroxylation is 1. The lowest BCUT2D eigenvalue weighted by molar-refractivity contribution is 0.0302. The lowest BCUT2D eigenvalue weighted by Gasteiger charge is -2.25. The second kappa shape index (κ2) is 11.6. The lowest BCUT2D eigenvalue weighted by atomic mass is 10.2. The topological polar surface area (TPSA) is 66.0 Å². The van der Waals surface area contributed by atoms with Gasteiger partial charge in [-0.1, -0.05) is 0 Å². The number of likely N-dealkylation sites (N-methyl/N-ethyl adjacent to an activating group) is 1. The Bertz CT molecular complexity index is 584. The number of nitrogens with zero attached hydrogens (tertiary/aromatic N) is 2. The first-order chi connectivity index (χ1) is 11.6. The molecule has 8 heteroatoms. The first kappa shape index (κ1) is 25.0. The van der Waals surface area contributed by atoms with Gasteiger partial charge in [0.05, 0.1) is 0 Å². The van der Waals surface area contributed by atoms with Gasteiger partial charge in [0.1, 0.15) is 5.60 Å². The molecule has 1 atom stereocenters. The normalized spacial score (nSPS) is 12.8. The lowest BCUT2D eigenvalue weighted by Crippen LogP contribution is -2.46. The van der Waals surface area contributed by atoms with Crippen molar-refractivity contribution >= 4 is 47.4 Å². The van der Waals surface area contributed by atoms with Crippen molar-refractivity contribution in [2.75, 3.05) is 27.2 Å². The maximum absolute atomic E-state index is 11.9. The minimum absolute atomic E-state index is 0. The van der Waals surface area contributed by atoms with Crippen LogP contribution in [0.2, 0.25) is 0 Å². The largest absolute Gasteiger partial charge is 0.444 e. The number of nitrogens with one attached hydrogen (secondary N) is 2. The molecule has 0 radical (unpaired) electrons. The van der Waals surface area contributed by atoms with Crippen molar-refractivity contribution in [1.29, 1.82) is 0 Å². The van der Waals surface area contributed by atoms with E-state index in [2.05, 4.69) is 41.6 Å². The van der Waals surface area contributed by atoms with Crippen LogP contribution in [0.25, 0.3) is 0 Å². The van der Waals surface area contributed by atoms with Gasteiger partial charge in [0.25, 0.3) is 0 Å². The molecule has 1 unspecified atom stereocenters. The SMILES string of the molecule is CN=C(NCCN(C)C(=O)OC(C)(C)C)NC(C)Cc1ccc(C)s1.I. The van der Waals surface area contributed by atoms with Crippen molar-refractivity contribution in [3.63, 3.8) is 0 Å². The second-order valence-electron chi connectivity index (χ2n) is 7.16. The van der Waals surface area contributed by atoms with Crippen LogP contribution in [0.5, 0.6) is 0 Å². The third kappa shape index (κ3) is 10.2. The Morgan fingerprint density at radius 1 is 1.38 bits per heavy atom. The number of rotatable bonds is 6. The summed E-state index contributed by atoms with van der Waals surface area (Å²) in [6.07, 6.45) is 0.635. The van der Waals surface area contributed by atoms with Gasteiger partial charge in [0.15, 0.2) is 5.96 Å². The van der Waals surface area contributed by atoms with E-state index in [1.165, 1.54) is 9.75 Å². The van der Waals surface area contributed by atoms with Gasteiger partial charge in [-0.2, -0.15) is 0 Å². The van der Waals surface area contributed by atoms with E-state index in [4.69, 9.17) is 4.74 Å². The molecule has 2 N–H and O–H groups in total. The Morgan fingerprint density at radius 3 is 2.54 bits per heavy atom. The highest BCUT2D eigenvalue weighted by Gasteiger charge is 2.19. The fourth-order valence-corrected chi connectivity index (χ4v) is 3.17. The second-order valence-corrected chi connectivity index (χ2v) is 8.54. The minimum Gasteiger partial charge on any atom is -0.444 e. The van der Waals surface area contributed by atoms with Gasteiger partial charge in [-0.25, -0.2) is 4.79 Å². The van der Waals surface area contributed by atoms with E-state index in [1.807, 2.05) is 32.1 Å². The van der Waals surface area contributed by atoms with Gasteiger partial charge >= 0.3 is 6.09 Å². The fourth-order valence-electron chi connectivity index (χ4n) is 2.15. The number of hydrogen-bond acceptors (Lipinski definition) is 4. The molecule has 1 amide bonds. The summed E-state index contributed by atoms with van der Waals surface area (Å²) >= 11 is 1.82. The number of hydrogen-bond donors (Lipinski definition) is 2. The van der Waals surface area contributed by atoms with E-state index < -0.39 is 5.60 Å². The van der Waals surface area contributed by atoms with Crippen LogP contribution in [0, 0.1) is 6.92 Å². The Labute approximate surface area is 178 Å². The molecule has 0 aromatic carbocycles. The zero-order chi connectivity index (χ0) is 19.0. The number of aliphatic imine (C=N–C) groups is 1. The summed E-state index contributed by atoms with van der Waals surface area (Å²) in [6.45, 7) is 11.0. The summed E-state index contributed by atoms with van der Waals surface area (Å²) in [6, 6.07) is 4.59. The van der Waals surface area contributed by atoms with Gasteiger partial charge in [-0.3, -0.25) is 4.99 Å². The fraction of sp³-hybridized carbons (Fsp3) is 0.667. The number of guanidine groups is 1. The summed E-state index contributed by atoms with van der Waals surface area (Å²) in [4.78, 5) is 20.4. The monoisotopic (exact) mass is 496 g/mol. The van der Waals surface area contributed by atoms with E-state index in [9.17, 15) is 4.79 Å². The maximum Gasteiger partial charge on any atom is 0.410 e. The average Bonchev–Trinajstić information content (AvgIpc) is 2.89. The summed E-state index contributed by atoms with van der Waals surface area (Å²) in [5.41, 5.74) is -0.480. The smallest absolute Gasteiger partial charge is 0.410 e. The first-order valence-corrected chi connectivity index (χ1v) is 9.39. The number of carbonyl (C=O) groups is 1. The summed E-state index contributed by atoms with van der Waals surface area (Å²) in [7, 11) is 3.47. The molecule has 1 rings (SSSR count). The molecule has 1 heterocycles. The van der Waals surface area contributed by atoms with Gasteiger partial charge < -0.3 is 20.3 Å². The zero-order valence-corrected chi connectivity index (χ0v) is 20.0. The highest BCUT2D eigenvalue weighted by atomic mass is 127. The van der Waals surface area contributed by atoms with Crippen molar-refractivity contribution in [2.45, 2.75) is 52.7 Å². The van der Waals surface area contributed by atoms with Crippen LogP contribution >= 0.6 is 35.3 Å². The van der Waals surface area contributed by atoms with Crippen molar-refractivity contribution in [3.05, 3.63) is 21.9 Å². The molecular weight excluding hydrogens is 463 g/mol. The van der Waals surface area contributed by atoms with Crippen molar-refractivity contribution in [2.24, 2.45) is 4.99 Å². The van der Waals surface area contributed by atoms with Crippen molar-refractivity contribution in [3.8, 4) is 0 Å². The Hall–Kier alpha value is -1.03. The first-order valence-electron chi connectivity index (χ1n) is 8.57. The highest BCUT2D eigenvalue weighted by molar-refractivity contribution is 14.0. The van der Waals surface area contributed by atoms with E-state index in [0.29, 0.717) is 13.1 Å². The van der Waals surface area contributed by atoms with Crippen LogP contribution in [0.15, 0.2) is 17.1 Å². The summed E-state index contributed by atoms with van der Waals surface area (Å²) in [5, 5.41) is 6.61. The van der Waals surface area contributed by atoms with E-state index in [0.717, 1.165) is 12.4 Å². The maximum atomic E-state index is 11.9. The predicted octanol–water partition coefficient (Wildman–Crippen LogP) is 3.64. The van der Waals surface area contributed by atoms with Crippen LogP contribution in [-0.2, 0) is 11.2 Å². The highest BCUT2D eigenvalue weighted by Crippen LogP contribution is 2.16. The van der Waals surface area contributed by atoms with Gasteiger partial charge in [-0.05, 0) is 46.8 Å². The zero-order valence-electron chi connectivity index (χ0n) is 16.9. The number of halogens is 1. The molecule has 0 spiro atoms. The van der Waals surface area contributed by atoms with Gasteiger partial charge in [-0.15, -0.1) is 35.3 Å². The average molecular weight is 496 g/mol. The molecule has 0 fully saturated rings. The van der Waals surface area contributed by atoms with Crippen LogP contribution in [-0.4, -0.2) is 55.8 Å². The molecule has 0 aliphatic heterocycles. The van der Waals surface area contributed by atoms with Crippen molar-refractivity contribution < 1.29 is 9.53 Å².